The molecule has 0 aliphatic carbocycles. The van der Waals surface area contributed by atoms with E-state index < -0.39 is 23.4 Å². The first kappa shape index (κ1) is 70.0. The number of alkyl halides is 1. The third-order valence-electron chi connectivity index (χ3n) is 6.06. The number of ether oxygens (including phenoxy) is 9. The van der Waals surface area contributed by atoms with Crippen molar-refractivity contribution in [3.63, 3.8) is 0 Å². The van der Waals surface area contributed by atoms with E-state index in [4.69, 9.17) is 68.9 Å². The molecule has 0 aliphatic rings. The molecule has 0 saturated heterocycles. The van der Waals surface area contributed by atoms with E-state index in [-0.39, 0.29) is 116 Å². The van der Waals surface area contributed by atoms with Gasteiger partial charge in [-0.1, -0.05) is 32.8 Å². The molecule has 26 heteroatoms. The van der Waals surface area contributed by atoms with Gasteiger partial charge in [-0.15, -0.1) is 0 Å². The van der Waals surface area contributed by atoms with Crippen molar-refractivity contribution in [2.24, 2.45) is 10.2 Å². The number of rotatable bonds is 27. The summed E-state index contributed by atoms with van der Waals surface area (Å²) in [5.74, 6) is 0.835. The zero-order valence-electron chi connectivity index (χ0n) is 39.7. The van der Waals surface area contributed by atoms with Crippen LogP contribution >= 0.6 is 22.6 Å². The van der Waals surface area contributed by atoms with Gasteiger partial charge in [0.15, 0.2) is 0 Å². The van der Waals surface area contributed by atoms with E-state index in [2.05, 4.69) is 58.2 Å². The Bertz CT molecular complexity index is 1560. The Morgan fingerprint density at radius 1 is 0.646 bits per heavy atom. The Morgan fingerprint density at radius 2 is 0.969 bits per heavy atom. The minimum absolute atomic E-state index is 0. The minimum Gasteiger partial charge on any atom is -1.00 e. The van der Waals surface area contributed by atoms with Crippen LogP contribution in [0.1, 0.15) is 43.0 Å². The average molecular weight is 1090 g/mol. The number of azide groups is 2. The van der Waals surface area contributed by atoms with Gasteiger partial charge in [0.05, 0.1) is 79.3 Å². The summed E-state index contributed by atoms with van der Waals surface area (Å²) in [6.45, 7) is 17.9. The fourth-order valence-corrected chi connectivity index (χ4v) is 3.99. The van der Waals surface area contributed by atoms with E-state index in [0.717, 1.165) is 11.0 Å². The molecule has 0 saturated carbocycles. The molecule has 65 heavy (non-hydrogen) atoms. The minimum atomic E-state index is -0.542. The van der Waals surface area contributed by atoms with Crippen molar-refractivity contribution in [3.8, 4) is 11.5 Å². The number of anilines is 2. The molecule has 2 rings (SSSR count). The Morgan fingerprint density at radius 3 is 1.29 bits per heavy atom. The Labute approximate surface area is 480 Å². The van der Waals surface area contributed by atoms with Gasteiger partial charge in [-0.25, -0.2) is 9.59 Å². The van der Waals surface area contributed by atoms with E-state index >= 15 is 0 Å². The largest absolute Gasteiger partial charge is 1.00 e. The number of carbonyl (C=O) groups is 3. The van der Waals surface area contributed by atoms with Crippen LogP contribution in [0.3, 0.4) is 0 Å². The monoisotopic (exact) mass is 1090 g/mol. The topological polar surface area (TPSA) is 308 Å². The molecule has 0 fully saturated rings. The van der Waals surface area contributed by atoms with Crippen LogP contribution in [0, 0.1) is 0 Å². The van der Waals surface area contributed by atoms with Gasteiger partial charge in [0.2, 0.25) is 0 Å². The number of nitrogens with zero attached hydrogens (tertiary/aromatic N) is 6. The average Bonchev–Trinajstić information content (AvgIpc) is 3.22. The number of phenolic OH excluding ortho intramolecular Hbond substituents is 1. The second-order valence-corrected chi connectivity index (χ2v) is 14.7. The molecule has 0 aromatic heterocycles. The number of hydrogen-bond donors (Lipinski definition) is 3. The molecule has 0 bridgehead atoms. The SMILES string of the molecule is CC(C)(C)OC(=O)Nc1ccc(O)cc1.CC(C)(C)OC(=O)Nc1ccc(OCCOCCOCCOCCN=[N+]=[N-])cc1.O=CO[O-].[H-].[K+].[K+].[N-]=[N+]=NCCOCCOCCOCCI. The maximum atomic E-state index is 11.7. The summed E-state index contributed by atoms with van der Waals surface area (Å²) in [4.78, 5) is 39.5. The number of hydrogen-bond acceptors (Lipinski definition) is 17. The van der Waals surface area contributed by atoms with Gasteiger partial charge in [-0.05, 0) is 101 Å². The molecule has 0 spiro atoms. The molecule has 0 atom stereocenters. The van der Waals surface area contributed by atoms with Gasteiger partial charge < -0.3 is 59.3 Å². The Kier molecular flexibility index (Phi) is 52.6. The molecule has 23 nitrogen and oxygen atoms in total. The van der Waals surface area contributed by atoms with E-state index in [9.17, 15) is 9.59 Å². The van der Waals surface area contributed by atoms with Gasteiger partial charge in [0, 0.05) is 38.7 Å². The van der Waals surface area contributed by atoms with Crippen LogP contribution in [0.15, 0.2) is 58.8 Å². The van der Waals surface area contributed by atoms with Crippen molar-refractivity contribution >= 4 is 52.6 Å². The summed E-state index contributed by atoms with van der Waals surface area (Å²) >= 11 is 2.26. The van der Waals surface area contributed by atoms with Crippen molar-refractivity contribution in [1.82, 2.24) is 0 Å². The number of phenols is 1. The molecule has 0 aliphatic heterocycles. The standard InChI is InChI=1S/C19H30N4O6.C11H15NO3.C8H16IN3O3.CH2O3.2K.H/c1-19(2,3)29-18(24)22-16-4-6-17(7-5-16)28-15-14-27-13-12-26-11-10-25-9-8-21-23-20;1-11(2,3)15-10(14)12-8-4-6-9(13)7-5-8;9-1-3-13-5-7-15-8-6-14-4-2-11-12-10;2-1-4-3;;;/h4-7H,8-15H2,1-3H3,(H,22,24);4-7,13H,1-3H3,(H,12,14);1-8H2;1,3H;;;/q;;;;2*+1;-1/p-1. The fourth-order valence-electron chi connectivity index (χ4n) is 3.68. The molecule has 0 unspecified atom stereocenters. The molecule has 2 aromatic rings. The van der Waals surface area contributed by atoms with Gasteiger partial charge in [0.25, 0.3) is 6.47 Å². The van der Waals surface area contributed by atoms with E-state index in [0.29, 0.717) is 109 Å². The number of amides is 2. The smallest absolute Gasteiger partial charge is 1.00 e. The fraction of sp³-hybridized carbons (Fsp3) is 0.615. The van der Waals surface area contributed by atoms with Crippen LogP contribution in [0.4, 0.5) is 21.0 Å². The second-order valence-electron chi connectivity index (χ2n) is 13.6. The molecule has 2 amide bonds. The summed E-state index contributed by atoms with van der Waals surface area (Å²) in [6.07, 6.45) is -1.00. The van der Waals surface area contributed by atoms with E-state index in [1.165, 1.54) is 12.1 Å². The number of nitrogens with one attached hydrogen (secondary N) is 2. The van der Waals surface area contributed by atoms with Crippen molar-refractivity contribution in [2.45, 2.75) is 52.7 Å². The molecule has 0 heterocycles. The predicted molar refractivity (Wildman–Crippen MR) is 240 cm³/mol. The maximum absolute atomic E-state index is 11.7. The van der Waals surface area contributed by atoms with E-state index in [1.807, 2.05) is 20.8 Å². The predicted octanol–water partition coefficient (Wildman–Crippen LogP) is 0.848. The first-order valence-electron chi connectivity index (χ1n) is 19.4. The quantitative estimate of drug-likeness (QED) is 0.00955. The molecule has 2 aromatic carbocycles. The Hall–Kier alpha value is -1.61. The number of carbonyl (C=O) groups excluding carboxylic acids is 3. The van der Waals surface area contributed by atoms with Crippen molar-refractivity contribution in [2.75, 3.05) is 114 Å². The van der Waals surface area contributed by atoms with Gasteiger partial charge in [-0.3, -0.25) is 15.4 Å². The maximum Gasteiger partial charge on any atom is 1.00 e. The summed E-state index contributed by atoms with van der Waals surface area (Å²) in [5, 5.41) is 29.4. The Balaban J connectivity index is -0.000000285. The number of benzene rings is 2. The number of halogens is 1. The first-order valence-corrected chi connectivity index (χ1v) is 20.9. The van der Waals surface area contributed by atoms with Crippen LogP contribution in [-0.2, 0) is 47.6 Å². The summed E-state index contributed by atoms with van der Waals surface area (Å²) in [7, 11) is 0. The van der Waals surface area contributed by atoms with E-state index in [1.54, 1.807) is 57.2 Å². The van der Waals surface area contributed by atoms with Gasteiger partial charge >= 0.3 is 115 Å². The summed E-state index contributed by atoms with van der Waals surface area (Å²) < 4.78 is 48.4. The normalized spacial score (nSPS) is 9.97. The van der Waals surface area contributed by atoms with Crippen LogP contribution in [-0.4, -0.2) is 138 Å². The van der Waals surface area contributed by atoms with Gasteiger partial charge in [0.1, 0.15) is 29.3 Å². The second kappa shape index (κ2) is 48.8. The first-order chi connectivity index (χ1) is 30.1. The third-order valence-corrected chi connectivity index (χ3v) is 6.50. The summed E-state index contributed by atoms with van der Waals surface area (Å²) in [5.41, 5.74) is 16.2. The van der Waals surface area contributed by atoms with Crippen molar-refractivity contribution < 1.29 is 176 Å². The molecular formula is C39H63IK2N8O15. The van der Waals surface area contributed by atoms with Gasteiger partial charge in [-0.2, -0.15) is 0 Å². The zero-order valence-corrected chi connectivity index (χ0v) is 47.1. The molecule has 358 valence electrons. The van der Waals surface area contributed by atoms with Crippen molar-refractivity contribution in [3.05, 3.63) is 69.4 Å². The van der Waals surface area contributed by atoms with Crippen molar-refractivity contribution in [1.29, 1.82) is 0 Å². The molecular weight excluding hydrogens is 1030 g/mol. The van der Waals surface area contributed by atoms with Crippen LogP contribution in [0.2, 0.25) is 0 Å². The third kappa shape index (κ3) is 54.9. The number of aromatic hydroxyl groups is 1. The van der Waals surface area contributed by atoms with Crippen LogP contribution in [0.5, 0.6) is 11.5 Å². The summed E-state index contributed by atoms with van der Waals surface area (Å²) in [6, 6.07) is 13.2. The molecule has 3 N–H and O–H groups in total. The molecule has 0 radical (unpaired) electrons. The van der Waals surface area contributed by atoms with Crippen LogP contribution in [0.25, 0.3) is 20.9 Å². The zero-order chi connectivity index (χ0) is 47.5. The van der Waals surface area contributed by atoms with Crippen LogP contribution < -0.4 is 123 Å².